The van der Waals surface area contributed by atoms with Crippen LogP contribution < -0.4 is 0 Å². The second kappa shape index (κ2) is 6.87. The van der Waals surface area contributed by atoms with Gasteiger partial charge >= 0.3 is 17.4 Å². The molecule has 0 spiro atoms. The number of hydrogen-bond acceptors (Lipinski definition) is 6. The summed E-state index contributed by atoms with van der Waals surface area (Å²) in [7, 11) is 0. The number of rotatable bonds is 6. The molecule has 0 aromatic carbocycles. The van der Waals surface area contributed by atoms with Crippen molar-refractivity contribution in [2.75, 3.05) is 0 Å². The molecule has 0 radical (unpaired) electrons. The summed E-state index contributed by atoms with van der Waals surface area (Å²) >= 11 is -1.10. The van der Waals surface area contributed by atoms with E-state index < -0.39 is 41.5 Å². The molecule has 1 unspecified atom stereocenters. The predicted molar refractivity (Wildman–Crippen MR) is 55.2 cm³/mol. The lowest BCUT2D eigenvalue weighted by atomic mass is 10.1. The summed E-state index contributed by atoms with van der Waals surface area (Å²) in [5.74, 6) is -2.13. The van der Waals surface area contributed by atoms with Crippen LogP contribution in [0.2, 0.25) is 0 Å². The smallest absolute Gasteiger partial charge is 0.432 e. The van der Waals surface area contributed by atoms with Crippen LogP contribution in [0.25, 0.3) is 0 Å². The molecule has 0 saturated heterocycles. The number of esters is 1. The molecule has 0 amide bonds. The Morgan fingerprint density at radius 3 is 2.20 bits per heavy atom. The van der Waals surface area contributed by atoms with Gasteiger partial charge in [-0.05, 0) is 12.8 Å². The third-order valence-corrected chi connectivity index (χ3v) is 3.27. The summed E-state index contributed by atoms with van der Waals surface area (Å²) in [5, 5.41) is 5.85. The minimum Gasteiger partial charge on any atom is -0.445 e. The van der Waals surface area contributed by atoms with Gasteiger partial charge in [0.15, 0.2) is 0 Å². The quantitative estimate of drug-likeness (QED) is 0.266. The van der Waals surface area contributed by atoms with E-state index in [1.165, 1.54) is 0 Å². The third kappa shape index (κ3) is 4.72. The van der Waals surface area contributed by atoms with E-state index in [0.29, 0.717) is 25.7 Å². The molecule has 0 aromatic heterocycles. The van der Waals surface area contributed by atoms with Crippen LogP contribution in [-0.4, -0.2) is 28.8 Å². The highest BCUT2D eigenvalue weighted by molar-refractivity contribution is 7.95. The molecule has 1 atom stereocenters. The van der Waals surface area contributed by atoms with Crippen LogP contribution in [0.3, 0.4) is 0 Å². The second-order valence-corrected chi connectivity index (χ2v) is 4.97. The molecule has 118 valence electrons. The average molecular weight is 326 g/mol. The van der Waals surface area contributed by atoms with Gasteiger partial charge in [0, 0.05) is 0 Å². The average Bonchev–Trinajstić information content (AvgIpc) is 2.85. The Morgan fingerprint density at radius 2 is 1.75 bits per heavy atom. The SMILES string of the molecule is O=C(OC(C(F)(F)F)C(F)(F)SOOO)C1CCCC1. The maximum Gasteiger partial charge on any atom is 0.432 e. The molecule has 1 fully saturated rings. The monoisotopic (exact) mass is 326 g/mol. The van der Waals surface area contributed by atoms with E-state index in [1.54, 1.807) is 0 Å². The van der Waals surface area contributed by atoms with Crippen LogP contribution in [0.15, 0.2) is 0 Å². The standard InChI is InChI=1S/C9H11F5O5S/c10-8(11,12)7(9(13,14)20-19-18-16)17-6(15)5-3-1-2-4-5/h5,7,16H,1-4H2. The van der Waals surface area contributed by atoms with Crippen molar-refractivity contribution in [2.24, 2.45) is 5.92 Å². The Hall–Kier alpha value is -0.650. The Bertz CT molecular complexity index is 331. The van der Waals surface area contributed by atoms with Gasteiger partial charge in [0.2, 0.25) is 0 Å². The molecule has 0 aliphatic heterocycles. The Balaban J connectivity index is 2.76. The molecule has 1 N–H and O–H groups in total. The van der Waals surface area contributed by atoms with Gasteiger partial charge in [0.05, 0.1) is 5.92 Å². The van der Waals surface area contributed by atoms with Crippen LogP contribution in [0.4, 0.5) is 22.0 Å². The fourth-order valence-corrected chi connectivity index (χ4v) is 2.19. The maximum atomic E-state index is 13.3. The zero-order valence-electron chi connectivity index (χ0n) is 9.86. The highest BCUT2D eigenvalue weighted by Crippen LogP contribution is 2.43. The van der Waals surface area contributed by atoms with Gasteiger partial charge in [-0.15, -0.1) is 4.33 Å². The largest absolute Gasteiger partial charge is 0.445 e. The van der Waals surface area contributed by atoms with E-state index in [4.69, 9.17) is 5.26 Å². The number of halogens is 5. The van der Waals surface area contributed by atoms with E-state index in [-0.39, 0.29) is 0 Å². The summed E-state index contributed by atoms with van der Waals surface area (Å²) < 4.78 is 71.4. The van der Waals surface area contributed by atoms with E-state index in [2.05, 4.69) is 14.1 Å². The lowest BCUT2D eigenvalue weighted by Crippen LogP contribution is -2.47. The lowest BCUT2D eigenvalue weighted by Gasteiger charge is -2.27. The molecule has 5 nitrogen and oxygen atoms in total. The van der Waals surface area contributed by atoms with Crippen molar-refractivity contribution in [3.8, 4) is 0 Å². The number of carbonyl (C=O) groups excluding carboxylic acids is 1. The van der Waals surface area contributed by atoms with Crippen molar-refractivity contribution < 1.29 is 46.1 Å². The maximum absolute atomic E-state index is 13.3. The Kier molecular flexibility index (Phi) is 5.98. The Morgan fingerprint density at radius 1 is 1.20 bits per heavy atom. The second-order valence-electron chi connectivity index (χ2n) is 4.13. The van der Waals surface area contributed by atoms with Crippen LogP contribution in [0.5, 0.6) is 0 Å². The van der Waals surface area contributed by atoms with Crippen molar-refractivity contribution in [3.05, 3.63) is 0 Å². The summed E-state index contributed by atoms with van der Waals surface area (Å²) in [6.07, 6.45) is -7.32. The van der Waals surface area contributed by atoms with Crippen molar-refractivity contribution in [2.45, 2.75) is 43.2 Å². The van der Waals surface area contributed by atoms with Crippen molar-refractivity contribution in [1.82, 2.24) is 0 Å². The highest BCUT2D eigenvalue weighted by Gasteiger charge is 2.61. The van der Waals surface area contributed by atoms with Gasteiger partial charge in [0.1, 0.15) is 12.0 Å². The van der Waals surface area contributed by atoms with Crippen molar-refractivity contribution in [1.29, 1.82) is 0 Å². The molecule has 1 rings (SSSR count). The first-order valence-electron chi connectivity index (χ1n) is 5.49. The zero-order chi connectivity index (χ0) is 15.4. The summed E-state index contributed by atoms with van der Waals surface area (Å²) in [6.45, 7) is 0. The fourth-order valence-electron chi connectivity index (χ4n) is 1.80. The van der Waals surface area contributed by atoms with Gasteiger partial charge in [-0.3, -0.25) is 4.79 Å². The topological polar surface area (TPSA) is 65.0 Å². The third-order valence-electron chi connectivity index (χ3n) is 2.70. The van der Waals surface area contributed by atoms with E-state index >= 15 is 0 Å². The first-order valence-corrected chi connectivity index (χ1v) is 6.23. The van der Waals surface area contributed by atoms with E-state index in [1.807, 2.05) is 0 Å². The Labute approximate surface area is 114 Å². The normalized spacial score (nSPS) is 19.1. The summed E-state index contributed by atoms with van der Waals surface area (Å²) in [4.78, 5) is 11.4. The van der Waals surface area contributed by atoms with E-state index in [9.17, 15) is 26.7 Å². The highest BCUT2D eigenvalue weighted by atomic mass is 32.2. The fraction of sp³-hybridized carbons (Fsp3) is 0.889. The molecule has 1 aliphatic rings. The van der Waals surface area contributed by atoms with Crippen LogP contribution in [0.1, 0.15) is 25.7 Å². The van der Waals surface area contributed by atoms with Crippen molar-refractivity contribution >= 4 is 18.0 Å². The molecule has 1 aliphatic carbocycles. The molecule has 1 saturated carbocycles. The number of carbonyl (C=O) groups is 1. The lowest BCUT2D eigenvalue weighted by molar-refractivity contribution is -0.434. The number of ether oxygens (including phenoxy) is 1. The number of hydrogen-bond donors (Lipinski definition) is 1. The minimum atomic E-state index is -5.50. The summed E-state index contributed by atoms with van der Waals surface area (Å²) in [6, 6.07) is 0. The number of alkyl halides is 5. The molecular weight excluding hydrogens is 315 g/mol. The van der Waals surface area contributed by atoms with Crippen LogP contribution in [-0.2, 0) is 18.9 Å². The first-order chi connectivity index (χ1) is 9.18. The minimum absolute atomic E-state index is 0.304. The van der Waals surface area contributed by atoms with Crippen molar-refractivity contribution in [3.63, 3.8) is 0 Å². The van der Waals surface area contributed by atoms with Crippen LogP contribution in [0, 0.1) is 5.92 Å². The predicted octanol–water partition coefficient (Wildman–Crippen LogP) is 3.31. The van der Waals surface area contributed by atoms with E-state index in [0.717, 1.165) is 0 Å². The van der Waals surface area contributed by atoms with Gasteiger partial charge in [-0.2, -0.15) is 22.0 Å². The molecule has 20 heavy (non-hydrogen) atoms. The molecule has 0 bridgehead atoms. The van der Waals surface area contributed by atoms with Gasteiger partial charge < -0.3 is 4.74 Å². The van der Waals surface area contributed by atoms with Crippen LogP contribution >= 0.6 is 12.0 Å². The molecule has 0 heterocycles. The molecule has 11 heteroatoms. The zero-order valence-corrected chi connectivity index (χ0v) is 10.7. The van der Waals surface area contributed by atoms with Gasteiger partial charge in [-0.1, -0.05) is 17.9 Å². The molecular formula is C9H11F5O5S. The first kappa shape index (κ1) is 17.4. The van der Waals surface area contributed by atoms with Gasteiger partial charge in [-0.25, -0.2) is 5.26 Å². The molecule has 0 aromatic rings. The summed E-state index contributed by atoms with van der Waals surface area (Å²) in [5.41, 5.74) is 0. The van der Waals surface area contributed by atoms with Gasteiger partial charge in [0.25, 0.3) is 6.10 Å².